The molecule has 0 bridgehead atoms. The number of nitrogens with zero attached hydrogens (tertiary/aromatic N) is 2. The SMILES string of the molecule is Cc1nc(NC(=O)C2COc3ccccc3O2)sc1Cc1cccc([N+](=O)[O-])c1. The first kappa shape index (κ1) is 18.9. The molecule has 0 fully saturated rings. The maximum atomic E-state index is 12.6. The molecule has 8 nitrogen and oxygen atoms in total. The molecule has 1 aliphatic heterocycles. The van der Waals surface area contributed by atoms with Gasteiger partial charge in [-0.2, -0.15) is 0 Å². The summed E-state index contributed by atoms with van der Waals surface area (Å²) in [5, 5.41) is 14.2. The van der Waals surface area contributed by atoms with Crippen LogP contribution in [-0.2, 0) is 11.2 Å². The molecule has 9 heteroatoms. The Hall–Kier alpha value is -3.46. The fourth-order valence-electron chi connectivity index (χ4n) is 2.95. The van der Waals surface area contributed by atoms with Crippen molar-refractivity contribution < 1.29 is 19.2 Å². The van der Waals surface area contributed by atoms with Gasteiger partial charge in [0.05, 0.1) is 10.6 Å². The van der Waals surface area contributed by atoms with Gasteiger partial charge in [-0.3, -0.25) is 20.2 Å². The van der Waals surface area contributed by atoms with Gasteiger partial charge in [-0.1, -0.05) is 24.3 Å². The molecule has 1 amide bonds. The molecule has 1 atom stereocenters. The molecule has 0 saturated heterocycles. The van der Waals surface area contributed by atoms with Crippen molar-refractivity contribution in [2.45, 2.75) is 19.4 Å². The predicted molar refractivity (Wildman–Crippen MR) is 108 cm³/mol. The Balaban J connectivity index is 1.44. The topological polar surface area (TPSA) is 104 Å². The van der Waals surface area contributed by atoms with Gasteiger partial charge in [0, 0.05) is 23.4 Å². The van der Waals surface area contributed by atoms with Crippen LogP contribution < -0.4 is 14.8 Å². The highest BCUT2D eigenvalue weighted by molar-refractivity contribution is 7.15. The molecule has 0 radical (unpaired) electrons. The summed E-state index contributed by atoms with van der Waals surface area (Å²) in [6.07, 6.45) is -0.272. The summed E-state index contributed by atoms with van der Waals surface area (Å²) >= 11 is 1.34. The Morgan fingerprint density at radius 1 is 1.28 bits per heavy atom. The molecule has 1 aromatic heterocycles. The second-order valence-electron chi connectivity index (χ2n) is 6.48. The number of fused-ring (bicyclic) bond motifs is 1. The van der Waals surface area contributed by atoms with Crippen molar-refractivity contribution in [3.05, 3.63) is 74.8 Å². The van der Waals surface area contributed by atoms with E-state index in [1.165, 1.54) is 17.4 Å². The number of ether oxygens (including phenoxy) is 2. The lowest BCUT2D eigenvalue weighted by atomic mass is 10.1. The number of nitrogens with one attached hydrogen (secondary N) is 1. The van der Waals surface area contributed by atoms with E-state index in [1.807, 2.05) is 25.1 Å². The van der Waals surface area contributed by atoms with Crippen LogP contribution in [0.4, 0.5) is 10.8 Å². The van der Waals surface area contributed by atoms with Crippen molar-refractivity contribution >= 4 is 28.1 Å². The van der Waals surface area contributed by atoms with Crippen molar-refractivity contribution in [2.75, 3.05) is 11.9 Å². The number of anilines is 1. The third-order valence-electron chi connectivity index (χ3n) is 4.41. The number of amides is 1. The van der Waals surface area contributed by atoms with Crippen LogP contribution in [0.2, 0.25) is 0 Å². The highest BCUT2D eigenvalue weighted by Crippen LogP contribution is 2.32. The lowest BCUT2D eigenvalue weighted by Gasteiger charge is -2.25. The van der Waals surface area contributed by atoms with E-state index in [0.717, 1.165) is 16.1 Å². The molecule has 4 rings (SSSR count). The molecule has 2 aromatic carbocycles. The normalized spacial score (nSPS) is 15.0. The second kappa shape index (κ2) is 7.88. The maximum Gasteiger partial charge on any atom is 0.270 e. The van der Waals surface area contributed by atoms with Gasteiger partial charge < -0.3 is 9.47 Å². The molecule has 2 heterocycles. The third kappa shape index (κ3) is 4.19. The summed E-state index contributed by atoms with van der Waals surface area (Å²) in [7, 11) is 0. The van der Waals surface area contributed by atoms with Crippen LogP contribution in [0.1, 0.15) is 16.1 Å². The van der Waals surface area contributed by atoms with E-state index in [0.29, 0.717) is 23.1 Å². The average Bonchev–Trinajstić information content (AvgIpc) is 3.06. The van der Waals surface area contributed by atoms with E-state index in [4.69, 9.17) is 9.47 Å². The quantitative estimate of drug-likeness (QED) is 0.507. The first-order valence-electron chi connectivity index (χ1n) is 8.88. The number of para-hydroxylation sites is 2. The van der Waals surface area contributed by atoms with Crippen LogP contribution in [-0.4, -0.2) is 28.5 Å². The largest absolute Gasteiger partial charge is 0.485 e. The maximum absolute atomic E-state index is 12.6. The molecule has 1 aliphatic rings. The summed E-state index contributed by atoms with van der Waals surface area (Å²) in [6.45, 7) is 1.96. The van der Waals surface area contributed by atoms with Crippen LogP contribution in [0.5, 0.6) is 11.5 Å². The van der Waals surface area contributed by atoms with E-state index >= 15 is 0 Å². The minimum Gasteiger partial charge on any atom is -0.485 e. The number of aromatic nitrogens is 1. The summed E-state index contributed by atoms with van der Waals surface area (Å²) in [5.74, 6) is 0.802. The number of hydrogen-bond donors (Lipinski definition) is 1. The Bertz CT molecular complexity index is 1080. The molecule has 1 N–H and O–H groups in total. The van der Waals surface area contributed by atoms with Gasteiger partial charge in [0.25, 0.3) is 11.6 Å². The third-order valence-corrected chi connectivity index (χ3v) is 5.48. The van der Waals surface area contributed by atoms with Gasteiger partial charge in [0.15, 0.2) is 16.6 Å². The zero-order chi connectivity index (χ0) is 20.4. The number of nitro benzene ring substituents is 1. The highest BCUT2D eigenvalue weighted by atomic mass is 32.1. The van der Waals surface area contributed by atoms with Gasteiger partial charge in [-0.15, -0.1) is 11.3 Å². The number of nitro groups is 1. The summed E-state index contributed by atoms with van der Waals surface area (Å²) in [6, 6.07) is 13.7. The lowest BCUT2D eigenvalue weighted by Crippen LogP contribution is -2.40. The summed E-state index contributed by atoms with van der Waals surface area (Å²) in [5.41, 5.74) is 1.63. The summed E-state index contributed by atoms with van der Waals surface area (Å²) < 4.78 is 11.3. The predicted octanol–water partition coefficient (Wildman–Crippen LogP) is 3.73. The fraction of sp³-hybridized carbons (Fsp3) is 0.200. The highest BCUT2D eigenvalue weighted by Gasteiger charge is 2.28. The molecule has 29 heavy (non-hydrogen) atoms. The summed E-state index contributed by atoms with van der Waals surface area (Å²) in [4.78, 5) is 28.4. The molecule has 3 aromatic rings. The van der Waals surface area contributed by atoms with Crippen LogP contribution in [0.25, 0.3) is 0 Å². The Kier molecular flexibility index (Phi) is 5.13. The molecule has 148 valence electrons. The molecular formula is C20H17N3O5S. The minimum atomic E-state index is -0.769. The Morgan fingerprint density at radius 2 is 2.07 bits per heavy atom. The molecular weight excluding hydrogens is 394 g/mol. The number of rotatable bonds is 5. The van der Waals surface area contributed by atoms with Crippen molar-refractivity contribution in [3.63, 3.8) is 0 Å². The van der Waals surface area contributed by atoms with Gasteiger partial charge >= 0.3 is 0 Å². The van der Waals surface area contributed by atoms with Crippen molar-refractivity contribution in [3.8, 4) is 11.5 Å². The van der Waals surface area contributed by atoms with Crippen LogP contribution >= 0.6 is 11.3 Å². The number of carbonyl (C=O) groups is 1. The standard InChI is InChI=1S/C20H17N3O5S/c1-12-18(10-13-5-4-6-14(9-13)23(25)26)29-20(21-12)22-19(24)17-11-27-15-7-2-3-8-16(15)28-17/h2-9,17H,10-11H2,1H3,(H,21,22,24). The van der Waals surface area contributed by atoms with Crippen LogP contribution in [0.15, 0.2) is 48.5 Å². The van der Waals surface area contributed by atoms with E-state index < -0.39 is 11.0 Å². The van der Waals surface area contributed by atoms with Crippen molar-refractivity contribution in [1.82, 2.24) is 4.98 Å². The number of non-ortho nitro benzene ring substituents is 1. The molecule has 0 aliphatic carbocycles. The zero-order valence-electron chi connectivity index (χ0n) is 15.5. The van der Waals surface area contributed by atoms with E-state index in [-0.39, 0.29) is 18.2 Å². The fourth-order valence-corrected chi connectivity index (χ4v) is 3.95. The van der Waals surface area contributed by atoms with Gasteiger partial charge in [-0.25, -0.2) is 4.98 Å². The Labute approximate surface area is 170 Å². The van der Waals surface area contributed by atoms with Crippen molar-refractivity contribution in [2.24, 2.45) is 0 Å². The smallest absolute Gasteiger partial charge is 0.270 e. The first-order valence-corrected chi connectivity index (χ1v) is 9.70. The number of hydrogen-bond acceptors (Lipinski definition) is 7. The zero-order valence-corrected chi connectivity index (χ0v) is 16.3. The van der Waals surface area contributed by atoms with Crippen LogP contribution in [0, 0.1) is 17.0 Å². The van der Waals surface area contributed by atoms with E-state index in [2.05, 4.69) is 10.3 Å². The van der Waals surface area contributed by atoms with Crippen LogP contribution in [0.3, 0.4) is 0 Å². The second-order valence-corrected chi connectivity index (χ2v) is 7.57. The molecule has 0 saturated carbocycles. The number of carbonyl (C=O) groups excluding carboxylic acids is 1. The molecule has 1 unspecified atom stereocenters. The average molecular weight is 411 g/mol. The Morgan fingerprint density at radius 3 is 2.86 bits per heavy atom. The minimum absolute atomic E-state index is 0.0490. The van der Waals surface area contributed by atoms with E-state index in [1.54, 1.807) is 24.3 Å². The van der Waals surface area contributed by atoms with Gasteiger partial charge in [0.2, 0.25) is 6.10 Å². The number of benzene rings is 2. The van der Waals surface area contributed by atoms with Gasteiger partial charge in [0.1, 0.15) is 6.61 Å². The van der Waals surface area contributed by atoms with Gasteiger partial charge in [-0.05, 0) is 24.6 Å². The first-order chi connectivity index (χ1) is 14.0. The number of thiazole rings is 1. The number of aryl methyl sites for hydroxylation is 1. The monoisotopic (exact) mass is 411 g/mol. The molecule has 0 spiro atoms. The van der Waals surface area contributed by atoms with E-state index in [9.17, 15) is 14.9 Å². The lowest BCUT2D eigenvalue weighted by molar-refractivity contribution is -0.384. The van der Waals surface area contributed by atoms with Crippen molar-refractivity contribution in [1.29, 1.82) is 0 Å².